The van der Waals surface area contributed by atoms with Crippen molar-refractivity contribution in [3.63, 3.8) is 0 Å². The number of imidazole rings is 1. The van der Waals surface area contributed by atoms with Crippen molar-refractivity contribution < 1.29 is 4.42 Å². The smallest absolute Gasteiger partial charge is 0.144 e. The van der Waals surface area contributed by atoms with Crippen LogP contribution >= 0.6 is 0 Å². The highest BCUT2D eigenvalue weighted by molar-refractivity contribution is 6.90. The van der Waals surface area contributed by atoms with E-state index in [1.807, 2.05) is 6.20 Å². The summed E-state index contributed by atoms with van der Waals surface area (Å²) in [5.41, 5.74) is 6.16. The van der Waals surface area contributed by atoms with Crippen molar-refractivity contribution in [2.24, 2.45) is 0 Å². The van der Waals surface area contributed by atoms with Gasteiger partial charge in [0.15, 0.2) is 0 Å². The molecule has 5 heteroatoms. The fourth-order valence-corrected chi connectivity index (χ4v) is 6.29. The third-order valence-electron chi connectivity index (χ3n) is 6.35. The van der Waals surface area contributed by atoms with E-state index in [4.69, 9.17) is 14.4 Å². The fraction of sp³-hybridized carbons (Fsp3) is 0.280. The molecular weight excluding hydrogens is 386 g/mol. The summed E-state index contributed by atoms with van der Waals surface area (Å²) in [4.78, 5) is 9.59. The van der Waals surface area contributed by atoms with E-state index < -0.39 is 8.07 Å². The number of hydrogen-bond acceptors (Lipinski definition) is 3. The minimum atomic E-state index is -1.52. The van der Waals surface area contributed by atoms with Crippen LogP contribution in [0.15, 0.2) is 53.1 Å². The predicted octanol–water partition coefficient (Wildman–Crippen LogP) is 5.88. The highest BCUT2D eigenvalue weighted by Gasteiger charge is 2.23. The van der Waals surface area contributed by atoms with Gasteiger partial charge in [0.05, 0.1) is 25.5 Å². The Morgan fingerprint density at radius 1 is 0.967 bits per heavy atom. The molecule has 6 rings (SSSR count). The molecular formula is C25H25N3OSi. The maximum absolute atomic E-state index is 6.57. The topological polar surface area (TPSA) is 43.9 Å². The average Bonchev–Trinajstić information content (AvgIpc) is 3.30. The zero-order chi connectivity index (χ0) is 20.5. The number of aromatic nitrogens is 3. The Hall–Kier alpha value is -2.92. The number of aryl methyl sites for hydroxylation is 2. The molecule has 0 spiro atoms. The number of furan rings is 1. The van der Waals surface area contributed by atoms with Gasteiger partial charge in [0.1, 0.15) is 22.5 Å². The summed E-state index contributed by atoms with van der Waals surface area (Å²) < 4.78 is 8.94. The van der Waals surface area contributed by atoms with Crippen molar-refractivity contribution in [1.29, 1.82) is 0 Å². The van der Waals surface area contributed by atoms with E-state index >= 15 is 0 Å². The van der Waals surface area contributed by atoms with Crippen LogP contribution in [-0.2, 0) is 13.0 Å². The maximum Gasteiger partial charge on any atom is 0.144 e. The van der Waals surface area contributed by atoms with Crippen molar-refractivity contribution in [2.75, 3.05) is 0 Å². The van der Waals surface area contributed by atoms with Crippen LogP contribution in [0.4, 0.5) is 0 Å². The Morgan fingerprint density at radius 3 is 2.60 bits per heavy atom. The van der Waals surface area contributed by atoms with Crippen LogP contribution in [0.3, 0.4) is 0 Å². The van der Waals surface area contributed by atoms with Gasteiger partial charge in [-0.25, -0.2) is 4.98 Å². The second-order valence-corrected chi connectivity index (χ2v) is 14.5. The van der Waals surface area contributed by atoms with Gasteiger partial charge >= 0.3 is 0 Å². The van der Waals surface area contributed by atoms with E-state index in [2.05, 4.69) is 66.7 Å². The van der Waals surface area contributed by atoms with Gasteiger partial charge in [-0.2, -0.15) is 0 Å². The summed E-state index contributed by atoms with van der Waals surface area (Å²) in [5, 5.41) is 3.74. The van der Waals surface area contributed by atoms with Crippen molar-refractivity contribution in [3.05, 3.63) is 54.5 Å². The maximum atomic E-state index is 6.57. The summed E-state index contributed by atoms with van der Waals surface area (Å²) in [6.07, 6.45) is 5.42. The summed E-state index contributed by atoms with van der Waals surface area (Å²) >= 11 is 0. The van der Waals surface area contributed by atoms with Gasteiger partial charge in [-0.15, -0.1) is 0 Å². The van der Waals surface area contributed by atoms with Crippen LogP contribution in [0, 0.1) is 0 Å². The molecule has 0 bridgehead atoms. The van der Waals surface area contributed by atoms with E-state index in [1.165, 1.54) is 40.1 Å². The molecule has 5 aromatic rings. The molecule has 2 aromatic carbocycles. The number of para-hydroxylation sites is 2. The lowest BCUT2D eigenvalue weighted by molar-refractivity contribution is 0.533. The first-order valence-electron chi connectivity index (χ1n) is 10.8. The van der Waals surface area contributed by atoms with E-state index in [1.54, 1.807) is 0 Å². The Labute approximate surface area is 176 Å². The SMILES string of the molecule is C[Si](C)(C)c1cccc2c1oc1c(-c3cc4c(cn3)nc3n4CCCC3)cccc12. The van der Waals surface area contributed by atoms with E-state index in [-0.39, 0.29) is 0 Å². The number of pyridine rings is 1. The molecule has 0 radical (unpaired) electrons. The van der Waals surface area contributed by atoms with Crippen molar-refractivity contribution >= 4 is 46.2 Å². The Balaban J connectivity index is 1.61. The predicted molar refractivity (Wildman–Crippen MR) is 126 cm³/mol. The second kappa shape index (κ2) is 6.29. The number of fused-ring (bicyclic) bond motifs is 6. The third-order valence-corrected chi connectivity index (χ3v) is 8.36. The highest BCUT2D eigenvalue weighted by Crippen LogP contribution is 2.36. The van der Waals surface area contributed by atoms with Gasteiger partial charge in [0, 0.05) is 29.3 Å². The lowest BCUT2D eigenvalue weighted by Crippen LogP contribution is -2.37. The molecule has 150 valence electrons. The summed E-state index contributed by atoms with van der Waals surface area (Å²) in [5.74, 6) is 1.19. The summed E-state index contributed by atoms with van der Waals surface area (Å²) in [6.45, 7) is 8.15. The van der Waals surface area contributed by atoms with Crippen molar-refractivity contribution in [3.8, 4) is 11.3 Å². The standard InChI is InChI=1S/C25H25N3OSi/c1-30(2,3)22-11-7-9-17-16-8-6-10-18(24(16)29-25(17)22)19-14-21-20(15-26-19)27-23-12-4-5-13-28(21)23/h6-11,14-15H,4-5,12-13H2,1-3H3. The average molecular weight is 412 g/mol. The van der Waals surface area contributed by atoms with Crippen LogP contribution < -0.4 is 5.19 Å². The Kier molecular flexibility index (Phi) is 3.75. The van der Waals surface area contributed by atoms with Crippen LogP contribution in [0.2, 0.25) is 19.6 Å². The minimum absolute atomic E-state index is 0.934. The fourth-order valence-electron chi connectivity index (χ4n) is 4.83. The number of rotatable bonds is 2. The molecule has 0 amide bonds. The zero-order valence-electron chi connectivity index (χ0n) is 17.7. The molecule has 1 aliphatic rings. The summed E-state index contributed by atoms with van der Waals surface area (Å²) in [7, 11) is -1.52. The number of nitrogens with zero attached hydrogens (tertiary/aromatic N) is 3. The first kappa shape index (κ1) is 17.9. The third kappa shape index (κ3) is 2.58. The molecule has 0 saturated carbocycles. The van der Waals surface area contributed by atoms with Gasteiger partial charge in [-0.05, 0) is 30.2 Å². The second-order valence-electron chi connectivity index (χ2n) is 9.41. The molecule has 0 atom stereocenters. The first-order chi connectivity index (χ1) is 14.5. The van der Waals surface area contributed by atoms with Gasteiger partial charge in [-0.1, -0.05) is 50.0 Å². The first-order valence-corrected chi connectivity index (χ1v) is 14.3. The molecule has 0 fully saturated rings. The molecule has 4 nitrogen and oxygen atoms in total. The van der Waals surface area contributed by atoms with Gasteiger partial charge in [0.2, 0.25) is 0 Å². The quantitative estimate of drug-likeness (QED) is 0.341. The lowest BCUT2D eigenvalue weighted by atomic mass is 10.1. The normalized spacial score (nSPS) is 14.6. The van der Waals surface area contributed by atoms with Gasteiger partial charge < -0.3 is 8.98 Å². The van der Waals surface area contributed by atoms with E-state index in [9.17, 15) is 0 Å². The molecule has 0 N–H and O–H groups in total. The van der Waals surface area contributed by atoms with Crippen LogP contribution in [-0.4, -0.2) is 22.6 Å². The Morgan fingerprint density at radius 2 is 1.77 bits per heavy atom. The molecule has 0 aliphatic carbocycles. The van der Waals surface area contributed by atoms with Gasteiger partial charge in [-0.3, -0.25) is 4.98 Å². The van der Waals surface area contributed by atoms with Crippen molar-refractivity contribution in [1.82, 2.24) is 14.5 Å². The summed E-state index contributed by atoms with van der Waals surface area (Å²) in [6, 6.07) is 15.2. The lowest BCUT2D eigenvalue weighted by Gasteiger charge is -2.16. The molecule has 3 aromatic heterocycles. The van der Waals surface area contributed by atoms with Crippen LogP contribution in [0.5, 0.6) is 0 Å². The highest BCUT2D eigenvalue weighted by atomic mass is 28.3. The monoisotopic (exact) mass is 411 g/mol. The molecule has 30 heavy (non-hydrogen) atoms. The minimum Gasteiger partial charge on any atom is -0.455 e. The molecule has 1 aliphatic heterocycles. The molecule has 4 heterocycles. The molecule has 0 unspecified atom stereocenters. The van der Waals surface area contributed by atoms with Crippen LogP contribution in [0.25, 0.3) is 44.2 Å². The number of benzene rings is 2. The van der Waals surface area contributed by atoms with Crippen molar-refractivity contribution in [2.45, 2.75) is 45.4 Å². The zero-order valence-corrected chi connectivity index (χ0v) is 18.7. The Bertz CT molecular complexity index is 1440. The number of hydrogen-bond donors (Lipinski definition) is 0. The van der Waals surface area contributed by atoms with E-state index in [0.717, 1.165) is 40.9 Å². The largest absolute Gasteiger partial charge is 0.455 e. The van der Waals surface area contributed by atoms with Crippen LogP contribution in [0.1, 0.15) is 18.7 Å². The molecule has 0 saturated heterocycles. The van der Waals surface area contributed by atoms with E-state index in [0.29, 0.717) is 0 Å². The van der Waals surface area contributed by atoms with Gasteiger partial charge in [0.25, 0.3) is 0 Å².